The number of benzene rings is 1. The number of nitrogens with zero attached hydrogens (tertiary/aromatic N) is 3. The highest BCUT2D eigenvalue weighted by Gasteiger charge is 2.45. The molecule has 1 N–H and O–H groups in total. The molecule has 0 saturated heterocycles. The van der Waals surface area contributed by atoms with Crippen LogP contribution in [0.2, 0.25) is 0 Å². The number of hydrogen-bond donors (Lipinski definition) is 1. The number of carbonyl (C=O) groups excluding carboxylic acids is 2. The van der Waals surface area contributed by atoms with Crippen LogP contribution in [0.4, 0.5) is 11.4 Å². The third-order valence-electron chi connectivity index (χ3n) is 5.60. The summed E-state index contributed by atoms with van der Waals surface area (Å²) in [5.41, 5.74) is 2.48. The molecule has 0 atom stereocenters. The zero-order valence-electron chi connectivity index (χ0n) is 19.1. The van der Waals surface area contributed by atoms with Gasteiger partial charge in [0.05, 0.1) is 18.0 Å². The molecule has 2 amide bonds. The van der Waals surface area contributed by atoms with E-state index >= 15 is 0 Å². The molecule has 0 bridgehead atoms. The maximum absolute atomic E-state index is 12.9. The summed E-state index contributed by atoms with van der Waals surface area (Å²) in [6.07, 6.45) is 2.73. The van der Waals surface area contributed by atoms with Crippen LogP contribution < -0.4 is 19.9 Å². The SMILES string of the molecule is CCN1C(=O)C(C)(C)C(=O)N(C)c2cc(OCCCNCc3ccc(C)nc3)ccc21. The van der Waals surface area contributed by atoms with Crippen molar-refractivity contribution in [1.29, 1.82) is 0 Å². The number of pyridine rings is 1. The lowest BCUT2D eigenvalue weighted by atomic mass is 9.90. The van der Waals surface area contributed by atoms with Crippen LogP contribution in [0.5, 0.6) is 5.75 Å². The maximum atomic E-state index is 12.9. The summed E-state index contributed by atoms with van der Waals surface area (Å²) >= 11 is 0. The Balaban J connectivity index is 1.59. The lowest BCUT2D eigenvalue weighted by Gasteiger charge is -2.27. The average molecular weight is 425 g/mol. The van der Waals surface area contributed by atoms with Crippen molar-refractivity contribution < 1.29 is 14.3 Å². The van der Waals surface area contributed by atoms with Crippen molar-refractivity contribution in [3.63, 3.8) is 0 Å². The van der Waals surface area contributed by atoms with Crippen LogP contribution in [0, 0.1) is 12.3 Å². The highest BCUT2D eigenvalue weighted by atomic mass is 16.5. The van der Waals surface area contributed by atoms with E-state index in [1.165, 1.54) is 0 Å². The molecule has 0 spiro atoms. The molecule has 0 unspecified atom stereocenters. The van der Waals surface area contributed by atoms with E-state index in [1.54, 1.807) is 30.7 Å². The largest absolute Gasteiger partial charge is 0.493 e. The number of amides is 2. The minimum Gasteiger partial charge on any atom is -0.493 e. The summed E-state index contributed by atoms with van der Waals surface area (Å²) in [6.45, 7) is 9.90. The third kappa shape index (κ3) is 4.88. The van der Waals surface area contributed by atoms with Gasteiger partial charge in [0.15, 0.2) is 0 Å². The molecule has 7 heteroatoms. The van der Waals surface area contributed by atoms with Crippen molar-refractivity contribution in [2.24, 2.45) is 5.41 Å². The standard InChI is InChI=1S/C24H32N4O3/c1-6-28-20-11-10-19(14-21(20)27(5)22(29)24(3,4)23(28)30)31-13-7-12-25-15-18-9-8-17(2)26-16-18/h8-11,14,16,25H,6-7,12-13,15H2,1-5H3. The molecule has 0 aliphatic carbocycles. The Kier molecular flexibility index (Phi) is 6.95. The van der Waals surface area contributed by atoms with E-state index in [1.807, 2.05) is 44.3 Å². The quantitative estimate of drug-likeness (QED) is 0.520. The van der Waals surface area contributed by atoms with Gasteiger partial charge in [-0.15, -0.1) is 0 Å². The van der Waals surface area contributed by atoms with Crippen molar-refractivity contribution in [2.45, 2.75) is 40.7 Å². The van der Waals surface area contributed by atoms with Crippen molar-refractivity contribution in [3.8, 4) is 5.75 Å². The van der Waals surface area contributed by atoms with Gasteiger partial charge in [0.2, 0.25) is 11.8 Å². The molecular weight excluding hydrogens is 392 g/mol. The van der Waals surface area contributed by atoms with Gasteiger partial charge in [0.25, 0.3) is 0 Å². The van der Waals surface area contributed by atoms with Gasteiger partial charge in [-0.25, -0.2) is 0 Å². The molecule has 1 aromatic carbocycles. The molecule has 3 rings (SSSR count). The smallest absolute Gasteiger partial charge is 0.242 e. The number of carbonyl (C=O) groups is 2. The second-order valence-corrected chi connectivity index (χ2v) is 8.38. The summed E-state index contributed by atoms with van der Waals surface area (Å²) in [5, 5.41) is 3.39. The van der Waals surface area contributed by atoms with Crippen LogP contribution in [0.3, 0.4) is 0 Å². The van der Waals surface area contributed by atoms with Gasteiger partial charge in [0, 0.05) is 38.1 Å². The van der Waals surface area contributed by atoms with Crippen LogP contribution in [-0.4, -0.2) is 43.5 Å². The first-order valence-electron chi connectivity index (χ1n) is 10.7. The minimum atomic E-state index is -1.11. The highest BCUT2D eigenvalue weighted by molar-refractivity contribution is 6.20. The molecule has 2 aromatic rings. The van der Waals surface area contributed by atoms with Gasteiger partial charge < -0.3 is 19.9 Å². The fourth-order valence-electron chi connectivity index (χ4n) is 3.69. The number of fused-ring (bicyclic) bond motifs is 1. The number of anilines is 2. The van der Waals surface area contributed by atoms with Crippen LogP contribution in [0.1, 0.15) is 38.4 Å². The number of aryl methyl sites for hydroxylation is 1. The average Bonchev–Trinajstić information content (AvgIpc) is 2.81. The molecule has 0 saturated carbocycles. The Bertz CT molecular complexity index is 940. The Morgan fingerprint density at radius 3 is 2.55 bits per heavy atom. The first kappa shape index (κ1) is 22.7. The van der Waals surface area contributed by atoms with Gasteiger partial charge in [-0.2, -0.15) is 0 Å². The van der Waals surface area contributed by atoms with E-state index in [2.05, 4.69) is 16.4 Å². The van der Waals surface area contributed by atoms with E-state index in [4.69, 9.17) is 4.74 Å². The fraction of sp³-hybridized carbons (Fsp3) is 0.458. The number of aromatic nitrogens is 1. The number of hydrogen-bond acceptors (Lipinski definition) is 5. The van der Waals surface area contributed by atoms with Crippen LogP contribution in [0.25, 0.3) is 0 Å². The molecule has 0 radical (unpaired) electrons. The summed E-state index contributed by atoms with van der Waals surface area (Å²) in [5.74, 6) is 0.278. The Morgan fingerprint density at radius 2 is 1.87 bits per heavy atom. The third-order valence-corrected chi connectivity index (χ3v) is 5.60. The van der Waals surface area contributed by atoms with Crippen molar-refractivity contribution in [2.75, 3.05) is 36.5 Å². The summed E-state index contributed by atoms with van der Waals surface area (Å²) in [7, 11) is 1.71. The van der Waals surface area contributed by atoms with E-state index in [-0.39, 0.29) is 11.8 Å². The molecule has 0 fully saturated rings. The van der Waals surface area contributed by atoms with Gasteiger partial charge >= 0.3 is 0 Å². The second kappa shape index (κ2) is 9.47. The van der Waals surface area contributed by atoms with Crippen molar-refractivity contribution >= 4 is 23.2 Å². The summed E-state index contributed by atoms with van der Waals surface area (Å²) in [6, 6.07) is 9.65. The van der Waals surface area contributed by atoms with E-state index in [0.29, 0.717) is 24.6 Å². The normalized spacial score (nSPS) is 15.6. The second-order valence-electron chi connectivity index (χ2n) is 8.38. The Labute approximate surface area is 184 Å². The van der Waals surface area contributed by atoms with E-state index < -0.39 is 5.41 Å². The topological polar surface area (TPSA) is 74.8 Å². The first-order valence-corrected chi connectivity index (χ1v) is 10.7. The zero-order valence-corrected chi connectivity index (χ0v) is 19.1. The van der Waals surface area contributed by atoms with Crippen LogP contribution >= 0.6 is 0 Å². The molecule has 1 aliphatic rings. The van der Waals surface area contributed by atoms with Gasteiger partial charge in [-0.1, -0.05) is 6.07 Å². The maximum Gasteiger partial charge on any atom is 0.242 e. The number of ether oxygens (including phenoxy) is 1. The van der Waals surface area contributed by atoms with Crippen molar-refractivity contribution in [1.82, 2.24) is 10.3 Å². The van der Waals surface area contributed by atoms with Crippen molar-refractivity contribution in [3.05, 3.63) is 47.8 Å². The molecular formula is C24H32N4O3. The van der Waals surface area contributed by atoms with Gasteiger partial charge in [0.1, 0.15) is 11.2 Å². The van der Waals surface area contributed by atoms with E-state index in [9.17, 15) is 9.59 Å². The molecule has 2 heterocycles. The molecule has 7 nitrogen and oxygen atoms in total. The van der Waals surface area contributed by atoms with Crippen LogP contribution in [0.15, 0.2) is 36.5 Å². The summed E-state index contributed by atoms with van der Waals surface area (Å²) in [4.78, 5) is 33.4. The zero-order chi connectivity index (χ0) is 22.6. The molecule has 166 valence electrons. The monoisotopic (exact) mass is 424 g/mol. The lowest BCUT2D eigenvalue weighted by molar-refractivity contribution is -0.137. The molecule has 1 aliphatic heterocycles. The van der Waals surface area contributed by atoms with Gasteiger partial charge in [-0.05, 0) is 64.4 Å². The number of rotatable bonds is 8. The van der Waals surface area contributed by atoms with Gasteiger partial charge in [-0.3, -0.25) is 14.6 Å². The molecule has 31 heavy (non-hydrogen) atoms. The number of nitrogens with one attached hydrogen (secondary N) is 1. The predicted octanol–water partition coefficient (Wildman–Crippen LogP) is 3.30. The first-order chi connectivity index (χ1) is 14.8. The fourth-order valence-corrected chi connectivity index (χ4v) is 3.69. The summed E-state index contributed by atoms with van der Waals surface area (Å²) < 4.78 is 5.92. The minimum absolute atomic E-state index is 0.186. The van der Waals surface area contributed by atoms with Crippen LogP contribution in [-0.2, 0) is 16.1 Å². The Morgan fingerprint density at radius 1 is 1.10 bits per heavy atom. The Hall–Kier alpha value is -2.93. The van der Waals surface area contributed by atoms with E-state index in [0.717, 1.165) is 36.5 Å². The predicted molar refractivity (Wildman–Crippen MR) is 122 cm³/mol. The lowest BCUT2D eigenvalue weighted by Crippen LogP contribution is -2.47. The highest BCUT2D eigenvalue weighted by Crippen LogP contribution is 2.40. The molecule has 1 aromatic heterocycles.